The van der Waals surface area contributed by atoms with Gasteiger partial charge in [0.1, 0.15) is 11.4 Å². The zero-order valence-electron chi connectivity index (χ0n) is 16.3. The minimum atomic E-state index is -0.421. The highest BCUT2D eigenvalue weighted by atomic mass is 35.5. The second kappa shape index (κ2) is 10.2. The third-order valence-electron chi connectivity index (χ3n) is 4.20. The summed E-state index contributed by atoms with van der Waals surface area (Å²) in [5.41, 5.74) is 2.08. The summed E-state index contributed by atoms with van der Waals surface area (Å²) < 4.78 is 5.11. The van der Waals surface area contributed by atoms with E-state index >= 15 is 0 Å². The molecule has 1 heterocycles. The van der Waals surface area contributed by atoms with Crippen molar-refractivity contribution in [3.8, 4) is 5.75 Å². The van der Waals surface area contributed by atoms with E-state index in [4.69, 9.17) is 16.3 Å². The molecule has 7 heteroatoms. The molecule has 2 amide bonds. The normalized spacial score (nSPS) is 10.9. The van der Waals surface area contributed by atoms with Crippen LogP contribution in [0.3, 0.4) is 0 Å². The number of halogens is 1. The van der Waals surface area contributed by atoms with Gasteiger partial charge in [-0.3, -0.25) is 14.6 Å². The Morgan fingerprint density at radius 2 is 1.80 bits per heavy atom. The topological polar surface area (TPSA) is 80.3 Å². The van der Waals surface area contributed by atoms with E-state index in [2.05, 4.69) is 15.6 Å². The summed E-state index contributed by atoms with van der Waals surface area (Å²) in [6, 6.07) is 17.2. The van der Waals surface area contributed by atoms with Crippen LogP contribution in [0.5, 0.6) is 5.75 Å². The lowest BCUT2D eigenvalue weighted by atomic mass is 10.1. The van der Waals surface area contributed by atoms with Crippen molar-refractivity contribution >= 4 is 29.5 Å². The summed E-state index contributed by atoms with van der Waals surface area (Å²) >= 11 is 5.93. The van der Waals surface area contributed by atoms with Gasteiger partial charge in [0.15, 0.2) is 0 Å². The predicted molar refractivity (Wildman–Crippen MR) is 116 cm³/mol. The van der Waals surface area contributed by atoms with Gasteiger partial charge in [0.05, 0.1) is 7.11 Å². The van der Waals surface area contributed by atoms with Crippen LogP contribution in [-0.4, -0.2) is 23.9 Å². The van der Waals surface area contributed by atoms with Crippen molar-refractivity contribution in [2.75, 3.05) is 7.11 Å². The largest absolute Gasteiger partial charge is 0.497 e. The van der Waals surface area contributed by atoms with Crippen LogP contribution in [0.15, 0.2) is 78.8 Å². The first-order valence-corrected chi connectivity index (χ1v) is 9.53. The molecular weight excluding hydrogens is 402 g/mol. The summed E-state index contributed by atoms with van der Waals surface area (Å²) in [7, 11) is 1.55. The number of pyridine rings is 1. The highest BCUT2D eigenvalue weighted by molar-refractivity contribution is 6.30. The molecule has 0 bridgehead atoms. The van der Waals surface area contributed by atoms with E-state index in [0.717, 1.165) is 11.1 Å². The fourth-order valence-corrected chi connectivity index (χ4v) is 2.73. The van der Waals surface area contributed by atoms with Gasteiger partial charge in [-0.15, -0.1) is 0 Å². The highest BCUT2D eigenvalue weighted by Crippen LogP contribution is 2.14. The van der Waals surface area contributed by atoms with Gasteiger partial charge in [0.2, 0.25) is 0 Å². The van der Waals surface area contributed by atoms with Gasteiger partial charge in [-0.25, -0.2) is 0 Å². The minimum absolute atomic E-state index is 0.113. The fourth-order valence-electron chi connectivity index (χ4n) is 2.60. The number of methoxy groups -OCH3 is 1. The van der Waals surface area contributed by atoms with E-state index in [-0.39, 0.29) is 12.2 Å². The molecule has 0 radical (unpaired) electrons. The second-order valence-electron chi connectivity index (χ2n) is 6.34. The van der Waals surface area contributed by atoms with Crippen LogP contribution in [0.1, 0.15) is 21.5 Å². The van der Waals surface area contributed by atoms with Crippen molar-refractivity contribution in [3.05, 3.63) is 100 Å². The monoisotopic (exact) mass is 421 g/mol. The van der Waals surface area contributed by atoms with Gasteiger partial charge in [0.25, 0.3) is 11.8 Å². The van der Waals surface area contributed by atoms with E-state index in [9.17, 15) is 9.59 Å². The molecule has 0 spiro atoms. The Morgan fingerprint density at radius 1 is 1.07 bits per heavy atom. The Bertz CT molecular complexity index is 1030. The molecule has 0 fully saturated rings. The van der Waals surface area contributed by atoms with Crippen molar-refractivity contribution < 1.29 is 14.3 Å². The van der Waals surface area contributed by atoms with E-state index in [1.807, 2.05) is 6.07 Å². The summed E-state index contributed by atoms with van der Waals surface area (Å²) in [6.45, 7) is 0.281. The van der Waals surface area contributed by atoms with Crippen LogP contribution in [0.25, 0.3) is 6.08 Å². The molecule has 2 N–H and O–H groups in total. The number of rotatable bonds is 7. The number of nitrogens with zero attached hydrogens (tertiary/aromatic N) is 1. The molecule has 152 valence electrons. The average Bonchev–Trinajstić information content (AvgIpc) is 2.79. The smallest absolute Gasteiger partial charge is 0.268 e. The number of amides is 2. The van der Waals surface area contributed by atoms with Crippen molar-refractivity contribution in [2.24, 2.45) is 0 Å². The van der Waals surface area contributed by atoms with Crippen LogP contribution < -0.4 is 15.4 Å². The number of hydrogen-bond donors (Lipinski definition) is 2. The molecule has 0 atom stereocenters. The summed E-state index contributed by atoms with van der Waals surface area (Å²) in [4.78, 5) is 29.5. The predicted octanol–water partition coefficient (Wildman–Crippen LogP) is 3.83. The first kappa shape index (κ1) is 21.1. The van der Waals surface area contributed by atoms with Crippen molar-refractivity contribution in [1.29, 1.82) is 0 Å². The SMILES string of the molecule is COc1ccc(C(=O)N/C(=C/c2ccc(Cl)cc2)C(=O)NCc2cccnc2)cc1. The first-order valence-electron chi connectivity index (χ1n) is 9.15. The molecule has 30 heavy (non-hydrogen) atoms. The molecule has 2 aromatic carbocycles. The zero-order valence-corrected chi connectivity index (χ0v) is 17.0. The van der Waals surface area contributed by atoms with Crippen LogP contribution in [0.4, 0.5) is 0 Å². The van der Waals surface area contributed by atoms with Gasteiger partial charge >= 0.3 is 0 Å². The van der Waals surface area contributed by atoms with Gasteiger partial charge in [-0.1, -0.05) is 29.8 Å². The van der Waals surface area contributed by atoms with Crippen LogP contribution in [0, 0.1) is 0 Å². The lowest BCUT2D eigenvalue weighted by molar-refractivity contribution is -0.117. The van der Waals surface area contributed by atoms with Crippen LogP contribution in [-0.2, 0) is 11.3 Å². The summed E-state index contributed by atoms with van der Waals surface area (Å²) in [5, 5.41) is 6.07. The number of aromatic nitrogens is 1. The Kier molecular flexibility index (Phi) is 7.19. The molecular formula is C23H20ClN3O3. The Morgan fingerprint density at radius 3 is 2.43 bits per heavy atom. The van der Waals surface area contributed by atoms with Gasteiger partial charge in [-0.05, 0) is 59.7 Å². The van der Waals surface area contributed by atoms with E-state index in [1.165, 1.54) is 0 Å². The number of benzene rings is 2. The summed E-state index contributed by atoms with van der Waals surface area (Å²) in [5.74, 6) is -0.192. The lowest BCUT2D eigenvalue weighted by Crippen LogP contribution is -2.34. The number of carbonyl (C=O) groups is 2. The number of nitrogens with one attached hydrogen (secondary N) is 2. The molecule has 6 nitrogen and oxygen atoms in total. The Balaban J connectivity index is 1.79. The van der Waals surface area contributed by atoms with Crippen molar-refractivity contribution in [3.63, 3.8) is 0 Å². The maximum absolute atomic E-state index is 12.8. The van der Waals surface area contributed by atoms with Crippen LogP contribution in [0.2, 0.25) is 5.02 Å². The lowest BCUT2D eigenvalue weighted by Gasteiger charge is -2.12. The molecule has 3 aromatic rings. The molecule has 0 aliphatic rings. The van der Waals surface area contributed by atoms with Gasteiger partial charge < -0.3 is 15.4 Å². The number of hydrogen-bond acceptors (Lipinski definition) is 4. The fraction of sp³-hybridized carbons (Fsp3) is 0.0870. The van der Waals surface area contributed by atoms with Gasteiger partial charge in [0, 0.05) is 29.5 Å². The molecule has 0 saturated carbocycles. The van der Waals surface area contributed by atoms with Crippen LogP contribution >= 0.6 is 11.6 Å². The minimum Gasteiger partial charge on any atom is -0.497 e. The quantitative estimate of drug-likeness (QED) is 0.568. The second-order valence-corrected chi connectivity index (χ2v) is 6.77. The average molecular weight is 422 g/mol. The first-order chi connectivity index (χ1) is 14.5. The molecule has 0 aliphatic heterocycles. The molecule has 0 saturated heterocycles. The number of ether oxygens (including phenoxy) is 1. The summed E-state index contributed by atoms with van der Waals surface area (Å²) in [6.07, 6.45) is 4.92. The van der Waals surface area contributed by atoms with Crippen molar-refractivity contribution in [2.45, 2.75) is 6.54 Å². The van der Waals surface area contributed by atoms with E-state index in [0.29, 0.717) is 16.3 Å². The molecule has 0 aliphatic carbocycles. The molecule has 3 rings (SSSR count). The highest BCUT2D eigenvalue weighted by Gasteiger charge is 2.15. The molecule has 1 aromatic heterocycles. The van der Waals surface area contributed by atoms with Crippen molar-refractivity contribution in [1.82, 2.24) is 15.6 Å². The number of carbonyl (C=O) groups excluding carboxylic acids is 2. The zero-order chi connectivity index (χ0) is 21.3. The standard InChI is InChI=1S/C23H20ClN3O3/c1-30-20-10-6-18(7-11-20)22(28)27-21(13-16-4-8-19(24)9-5-16)23(29)26-15-17-3-2-12-25-14-17/h2-14H,15H2,1H3,(H,26,29)(H,27,28)/b21-13+. The third-order valence-corrected chi connectivity index (χ3v) is 4.45. The maximum Gasteiger partial charge on any atom is 0.268 e. The Hall–Kier alpha value is -3.64. The van der Waals surface area contributed by atoms with E-state index in [1.54, 1.807) is 80.2 Å². The molecule has 0 unspecified atom stereocenters. The van der Waals surface area contributed by atoms with Gasteiger partial charge in [-0.2, -0.15) is 0 Å². The Labute approximate surface area is 179 Å². The van der Waals surface area contributed by atoms with E-state index < -0.39 is 11.8 Å². The third kappa shape index (κ3) is 5.93. The maximum atomic E-state index is 12.8.